The highest BCUT2D eigenvalue weighted by Gasteiger charge is 2.21. The molecule has 0 bridgehead atoms. The molecule has 130 valence electrons. The van der Waals surface area contributed by atoms with Crippen LogP contribution in [-0.2, 0) is 4.79 Å². The minimum absolute atomic E-state index is 0.0993. The van der Waals surface area contributed by atoms with Crippen molar-refractivity contribution in [2.45, 2.75) is 6.92 Å². The summed E-state index contributed by atoms with van der Waals surface area (Å²) in [5.41, 5.74) is 2.23. The Kier molecular flexibility index (Phi) is 5.24. The van der Waals surface area contributed by atoms with Crippen molar-refractivity contribution >= 4 is 34.8 Å². The van der Waals surface area contributed by atoms with E-state index < -0.39 is 0 Å². The van der Waals surface area contributed by atoms with Crippen molar-refractivity contribution in [1.82, 2.24) is 4.90 Å². The maximum Gasteiger partial charge on any atom is 0.255 e. The molecule has 0 atom stereocenters. The first-order valence-electron chi connectivity index (χ1n) is 8.21. The van der Waals surface area contributed by atoms with E-state index in [2.05, 4.69) is 10.2 Å². The van der Waals surface area contributed by atoms with Crippen LogP contribution < -0.4 is 10.2 Å². The Hall–Kier alpha value is -2.53. The first-order chi connectivity index (χ1) is 12.0. The van der Waals surface area contributed by atoms with E-state index in [4.69, 9.17) is 11.6 Å². The fourth-order valence-electron chi connectivity index (χ4n) is 2.94. The van der Waals surface area contributed by atoms with Gasteiger partial charge in [-0.3, -0.25) is 9.59 Å². The van der Waals surface area contributed by atoms with Crippen LogP contribution in [0.15, 0.2) is 48.5 Å². The molecular formula is C19H20ClN3O2. The van der Waals surface area contributed by atoms with Gasteiger partial charge in [-0.25, -0.2) is 0 Å². The van der Waals surface area contributed by atoms with E-state index in [0.717, 1.165) is 24.5 Å². The minimum atomic E-state index is -0.197. The number of halogens is 1. The number of carbonyl (C=O) groups is 2. The normalized spacial score (nSPS) is 14.3. The molecule has 25 heavy (non-hydrogen) atoms. The third kappa shape index (κ3) is 4.12. The first kappa shape index (κ1) is 17.3. The number of nitrogens with zero attached hydrogens (tertiary/aromatic N) is 2. The number of carbonyl (C=O) groups excluding carboxylic acids is 2. The highest BCUT2D eigenvalue weighted by Crippen LogP contribution is 2.27. The highest BCUT2D eigenvalue weighted by molar-refractivity contribution is 6.31. The number of benzene rings is 2. The molecule has 0 aromatic heterocycles. The van der Waals surface area contributed by atoms with Crippen molar-refractivity contribution in [2.24, 2.45) is 0 Å². The van der Waals surface area contributed by atoms with Crippen LogP contribution in [0.4, 0.5) is 11.4 Å². The van der Waals surface area contributed by atoms with Gasteiger partial charge in [0.1, 0.15) is 0 Å². The summed E-state index contributed by atoms with van der Waals surface area (Å²) in [6, 6.07) is 14.6. The minimum Gasteiger partial charge on any atom is -0.366 e. The van der Waals surface area contributed by atoms with E-state index in [1.54, 1.807) is 31.2 Å². The standard InChI is InChI=1S/C19H20ClN3O2/c1-14(24)22-9-11-23(12-10-22)18-8-3-2-7-17(18)21-19(25)15-5-4-6-16(20)13-15/h2-8,13H,9-12H2,1H3,(H,21,25). The molecule has 2 amide bonds. The summed E-state index contributed by atoms with van der Waals surface area (Å²) in [7, 11) is 0. The van der Waals surface area contributed by atoms with Gasteiger partial charge in [0, 0.05) is 43.7 Å². The quantitative estimate of drug-likeness (QED) is 0.917. The van der Waals surface area contributed by atoms with Crippen LogP contribution >= 0.6 is 11.6 Å². The maximum atomic E-state index is 12.5. The Morgan fingerprint density at radius 3 is 2.40 bits per heavy atom. The van der Waals surface area contributed by atoms with E-state index in [-0.39, 0.29) is 11.8 Å². The molecule has 0 unspecified atom stereocenters. The van der Waals surface area contributed by atoms with Gasteiger partial charge in [-0.05, 0) is 30.3 Å². The van der Waals surface area contributed by atoms with E-state index in [9.17, 15) is 9.59 Å². The molecule has 1 heterocycles. The highest BCUT2D eigenvalue weighted by atomic mass is 35.5. The number of rotatable bonds is 3. The molecule has 3 rings (SSSR count). The zero-order valence-electron chi connectivity index (χ0n) is 14.0. The second kappa shape index (κ2) is 7.57. The maximum absolute atomic E-state index is 12.5. The molecular weight excluding hydrogens is 338 g/mol. The van der Waals surface area contributed by atoms with Gasteiger partial charge < -0.3 is 15.1 Å². The lowest BCUT2D eigenvalue weighted by Crippen LogP contribution is -2.48. The average Bonchev–Trinajstić information content (AvgIpc) is 2.62. The smallest absolute Gasteiger partial charge is 0.255 e. The van der Waals surface area contributed by atoms with E-state index in [1.807, 2.05) is 29.2 Å². The van der Waals surface area contributed by atoms with Gasteiger partial charge in [0.05, 0.1) is 11.4 Å². The van der Waals surface area contributed by atoms with Crippen LogP contribution in [0, 0.1) is 0 Å². The molecule has 1 aliphatic heterocycles. The van der Waals surface area contributed by atoms with Crippen molar-refractivity contribution in [3.05, 3.63) is 59.1 Å². The number of para-hydroxylation sites is 2. The molecule has 1 N–H and O–H groups in total. The Morgan fingerprint density at radius 1 is 1.00 bits per heavy atom. The summed E-state index contributed by atoms with van der Waals surface area (Å²) >= 11 is 5.96. The molecule has 2 aromatic carbocycles. The first-order valence-corrected chi connectivity index (χ1v) is 8.59. The van der Waals surface area contributed by atoms with Crippen LogP contribution in [0.3, 0.4) is 0 Å². The fourth-order valence-corrected chi connectivity index (χ4v) is 3.13. The Bertz CT molecular complexity index is 786. The number of amides is 2. The molecule has 1 saturated heterocycles. The lowest BCUT2D eigenvalue weighted by atomic mass is 10.1. The van der Waals surface area contributed by atoms with Gasteiger partial charge >= 0.3 is 0 Å². The third-order valence-corrected chi connectivity index (χ3v) is 4.54. The van der Waals surface area contributed by atoms with Crippen molar-refractivity contribution in [2.75, 3.05) is 36.4 Å². The SMILES string of the molecule is CC(=O)N1CCN(c2ccccc2NC(=O)c2cccc(Cl)c2)CC1. The van der Waals surface area contributed by atoms with Gasteiger partial charge in [-0.2, -0.15) is 0 Å². The molecule has 5 nitrogen and oxygen atoms in total. The third-order valence-electron chi connectivity index (χ3n) is 4.30. The van der Waals surface area contributed by atoms with Crippen molar-refractivity contribution in [3.63, 3.8) is 0 Å². The van der Waals surface area contributed by atoms with Gasteiger partial charge in [0.2, 0.25) is 5.91 Å². The Morgan fingerprint density at radius 2 is 1.72 bits per heavy atom. The number of anilines is 2. The summed E-state index contributed by atoms with van der Waals surface area (Å²) in [6.45, 7) is 4.44. The number of hydrogen-bond acceptors (Lipinski definition) is 3. The predicted octanol–water partition coefficient (Wildman–Crippen LogP) is 3.26. The zero-order chi connectivity index (χ0) is 17.8. The monoisotopic (exact) mass is 357 g/mol. The van der Waals surface area contributed by atoms with Crippen LogP contribution in [-0.4, -0.2) is 42.9 Å². The van der Waals surface area contributed by atoms with Crippen LogP contribution in [0.1, 0.15) is 17.3 Å². The summed E-state index contributed by atoms with van der Waals surface area (Å²) < 4.78 is 0. The predicted molar refractivity (Wildman–Crippen MR) is 100 cm³/mol. The lowest BCUT2D eigenvalue weighted by molar-refractivity contribution is -0.129. The molecule has 1 fully saturated rings. The summed E-state index contributed by atoms with van der Waals surface area (Å²) in [5.74, 6) is -0.0977. The van der Waals surface area contributed by atoms with Crippen molar-refractivity contribution < 1.29 is 9.59 Å². The second-order valence-electron chi connectivity index (χ2n) is 5.97. The molecule has 2 aromatic rings. The second-order valence-corrected chi connectivity index (χ2v) is 6.41. The van der Waals surface area contributed by atoms with Gasteiger partial charge in [0.15, 0.2) is 0 Å². The van der Waals surface area contributed by atoms with E-state index >= 15 is 0 Å². The molecule has 6 heteroatoms. The molecule has 0 radical (unpaired) electrons. The van der Waals surface area contributed by atoms with Crippen LogP contribution in [0.2, 0.25) is 5.02 Å². The van der Waals surface area contributed by atoms with Gasteiger partial charge in [0.25, 0.3) is 5.91 Å². The number of nitrogens with one attached hydrogen (secondary N) is 1. The Balaban J connectivity index is 1.75. The molecule has 0 saturated carbocycles. The van der Waals surface area contributed by atoms with Gasteiger partial charge in [-0.1, -0.05) is 29.8 Å². The fraction of sp³-hybridized carbons (Fsp3) is 0.263. The van der Waals surface area contributed by atoms with Crippen molar-refractivity contribution in [1.29, 1.82) is 0 Å². The number of piperazine rings is 1. The van der Waals surface area contributed by atoms with E-state index in [0.29, 0.717) is 23.7 Å². The number of hydrogen-bond donors (Lipinski definition) is 1. The molecule has 0 spiro atoms. The largest absolute Gasteiger partial charge is 0.366 e. The van der Waals surface area contributed by atoms with Crippen molar-refractivity contribution in [3.8, 4) is 0 Å². The van der Waals surface area contributed by atoms with Crippen LogP contribution in [0.5, 0.6) is 0 Å². The van der Waals surface area contributed by atoms with Gasteiger partial charge in [-0.15, -0.1) is 0 Å². The summed E-state index contributed by atoms with van der Waals surface area (Å²) in [6.07, 6.45) is 0. The lowest BCUT2D eigenvalue weighted by Gasteiger charge is -2.36. The Labute approximate surface area is 152 Å². The molecule has 1 aliphatic rings. The topological polar surface area (TPSA) is 52.7 Å². The van der Waals surface area contributed by atoms with Crippen LogP contribution in [0.25, 0.3) is 0 Å². The molecule has 0 aliphatic carbocycles. The van der Waals surface area contributed by atoms with E-state index in [1.165, 1.54) is 0 Å². The summed E-state index contributed by atoms with van der Waals surface area (Å²) in [5, 5.41) is 3.49. The average molecular weight is 358 g/mol. The zero-order valence-corrected chi connectivity index (χ0v) is 14.8. The summed E-state index contributed by atoms with van der Waals surface area (Å²) in [4.78, 5) is 28.0.